The highest BCUT2D eigenvalue weighted by Gasteiger charge is 2.22. The van der Waals surface area contributed by atoms with Gasteiger partial charge in [0.1, 0.15) is 12.2 Å². The lowest BCUT2D eigenvalue weighted by Crippen LogP contribution is -2.18. The average molecular weight is 381 g/mol. The van der Waals surface area contributed by atoms with Crippen molar-refractivity contribution in [2.45, 2.75) is 20.4 Å². The fourth-order valence-electron chi connectivity index (χ4n) is 2.68. The van der Waals surface area contributed by atoms with Crippen LogP contribution < -0.4 is 0 Å². The maximum Gasteiger partial charge on any atom is 0.358 e. The van der Waals surface area contributed by atoms with Crippen molar-refractivity contribution < 1.29 is 23.9 Å². The summed E-state index contributed by atoms with van der Waals surface area (Å²) in [6, 6.07) is 10.1. The number of hydrogen-bond acceptors (Lipinski definition) is 7. The molecular formula is C20H19N3O5. The van der Waals surface area contributed by atoms with Crippen LogP contribution in [0.3, 0.4) is 0 Å². The van der Waals surface area contributed by atoms with E-state index in [9.17, 15) is 14.4 Å². The zero-order valence-electron chi connectivity index (χ0n) is 15.5. The summed E-state index contributed by atoms with van der Waals surface area (Å²) < 4.78 is 11.1. The van der Waals surface area contributed by atoms with E-state index in [1.807, 2.05) is 12.1 Å². The van der Waals surface area contributed by atoms with E-state index in [0.29, 0.717) is 11.1 Å². The number of Topliss-reactive ketones (excluding diaryl/α,β-unsaturated/α-hetero) is 1. The molecule has 0 radical (unpaired) electrons. The number of fused-ring (bicyclic) bond motifs is 1. The van der Waals surface area contributed by atoms with Crippen molar-refractivity contribution in [2.75, 3.05) is 13.2 Å². The van der Waals surface area contributed by atoms with Gasteiger partial charge in [-0.05, 0) is 26.0 Å². The number of nitrogens with zero attached hydrogens (tertiary/aromatic N) is 3. The molecule has 0 aliphatic rings. The average Bonchev–Trinajstić information content (AvgIpc) is 3.12. The maximum atomic E-state index is 12.7. The third-order valence-electron chi connectivity index (χ3n) is 3.97. The molecule has 8 heteroatoms. The van der Waals surface area contributed by atoms with Crippen molar-refractivity contribution in [3.63, 3.8) is 0 Å². The highest BCUT2D eigenvalue weighted by atomic mass is 16.5. The number of carbonyl (C=O) groups is 3. The number of esters is 2. The lowest BCUT2D eigenvalue weighted by Gasteiger charge is -2.07. The molecule has 0 amide bonds. The smallest absolute Gasteiger partial charge is 0.358 e. The van der Waals surface area contributed by atoms with Gasteiger partial charge in [0.25, 0.3) is 0 Å². The van der Waals surface area contributed by atoms with Gasteiger partial charge in [-0.15, -0.1) is 0 Å². The molecule has 0 saturated carbocycles. The molecule has 2 heterocycles. The van der Waals surface area contributed by atoms with Crippen molar-refractivity contribution in [1.29, 1.82) is 0 Å². The molecule has 0 N–H and O–H groups in total. The molecule has 0 bridgehead atoms. The number of pyridine rings is 1. The van der Waals surface area contributed by atoms with Crippen LogP contribution in [0.4, 0.5) is 0 Å². The van der Waals surface area contributed by atoms with Gasteiger partial charge in [0.15, 0.2) is 11.5 Å². The Labute approximate surface area is 161 Å². The second-order valence-corrected chi connectivity index (χ2v) is 5.85. The molecule has 0 fully saturated rings. The van der Waals surface area contributed by atoms with Gasteiger partial charge < -0.3 is 9.47 Å². The highest BCUT2D eigenvalue weighted by molar-refractivity contribution is 6.00. The van der Waals surface area contributed by atoms with Gasteiger partial charge in [0.2, 0.25) is 0 Å². The minimum absolute atomic E-state index is 0.0113. The molecule has 28 heavy (non-hydrogen) atoms. The molecule has 0 atom stereocenters. The predicted molar refractivity (Wildman–Crippen MR) is 100 cm³/mol. The molecular weight excluding hydrogens is 362 g/mol. The molecule has 3 aromatic rings. The Morgan fingerprint density at radius 3 is 2.50 bits per heavy atom. The van der Waals surface area contributed by atoms with Gasteiger partial charge in [0, 0.05) is 23.2 Å². The van der Waals surface area contributed by atoms with E-state index in [4.69, 9.17) is 9.47 Å². The van der Waals surface area contributed by atoms with E-state index in [1.54, 1.807) is 38.2 Å². The van der Waals surface area contributed by atoms with Gasteiger partial charge in [-0.25, -0.2) is 14.3 Å². The van der Waals surface area contributed by atoms with Crippen molar-refractivity contribution in [2.24, 2.45) is 0 Å². The molecule has 0 saturated heterocycles. The third kappa shape index (κ3) is 4.06. The normalized spacial score (nSPS) is 10.6. The standard InChI is InChI=1S/C20H19N3O5/c1-3-27-19(25)16-11-17(20(26)28-4-2)23(22-16)12-18(24)14-8-7-13-6-5-9-21-15(13)10-14/h5-11H,3-4,12H2,1-2H3. The molecule has 0 unspecified atom stereocenters. The first-order valence-electron chi connectivity index (χ1n) is 8.83. The second kappa shape index (κ2) is 8.43. The molecule has 0 aliphatic carbocycles. The SMILES string of the molecule is CCOC(=O)c1cc(C(=O)OCC)n(CC(=O)c2ccc3cccnc3c2)n1. The minimum atomic E-state index is -0.672. The molecule has 144 valence electrons. The quantitative estimate of drug-likeness (QED) is 0.458. The summed E-state index contributed by atoms with van der Waals surface area (Å²) in [5.74, 6) is -1.62. The Morgan fingerprint density at radius 1 is 1.00 bits per heavy atom. The van der Waals surface area contributed by atoms with Crippen LogP contribution >= 0.6 is 0 Å². The molecule has 3 rings (SSSR count). The van der Waals surface area contributed by atoms with E-state index in [0.717, 1.165) is 10.1 Å². The van der Waals surface area contributed by atoms with Crippen molar-refractivity contribution >= 4 is 28.6 Å². The van der Waals surface area contributed by atoms with Gasteiger partial charge in [-0.3, -0.25) is 9.78 Å². The van der Waals surface area contributed by atoms with Crippen LogP contribution in [0.1, 0.15) is 45.2 Å². The van der Waals surface area contributed by atoms with Crippen LogP contribution in [0.25, 0.3) is 10.9 Å². The lowest BCUT2D eigenvalue weighted by molar-refractivity contribution is 0.0505. The zero-order chi connectivity index (χ0) is 20.1. The summed E-state index contributed by atoms with van der Waals surface area (Å²) in [5, 5.41) is 4.98. The molecule has 8 nitrogen and oxygen atoms in total. The Hall–Kier alpha value is -3.55. The number of rotatable bonds is 7. The zero-order valence-corrected chi connectivity index (χ0v) is 15.5. The molecule has 1 aromatic carbocycles. The van der Waals surface area contributed by atoms with Crippen LogP contribution in [0.15, 0.2) is 42.6 Å². The Balaban J connectivity index is 1.91. The predicted octanol–water partition coefficient (Wildman–Crippen LogP) is 2.67. The maximum absolute atomic E-state index is 12.7. The number of ether oxygens (including phenoxy) is 2. The summed E-state index contributed by atoms with van der Waals surface area (Å²) in [6.07, 6.45) is 1.65. The van der Waals surface area contributed by atoms with Crippen molar-refractivity contribution in [3.05, 3.63) is 59.5 Å². The summed E-state index contributed by atoms with van der Waals surface area (Å²) in [4.78, 5) is 41.1. The summed E-state index contributed by atoms with van der Waals surface area (Å²) in [6.45, 7) is 3.43. The first kappa shape index (κ1) is 19.2. The summed E-state index contributed by atoms with van der Waals surface area (Å²) >= 11 is 0. The van der Waals surface area contributed by atoms with Crippen molar-refractivity contribution in [1.82, 2.24) is 14.8 Å². The van der Waals surface area contributed by atoms with E-state index >= 15 is 0 Å². The van der Waals surface area contributed by atoms with Gasteiger partial charge in [-0.1, -0.05) is 18.2 Å². The van der Waals surface area contributed by atoms with E-state index in [2.05, 4.69) is 10.1 Å². The number of carbonyl (C=O) groups excluding carboxylic acids is 3. The molecule has 2 aromatic heterocycles. The van der Waals surface area contributed by atoms with Crippen LogP contribution in [0, 0.1) is 0 Å². The van der Waals surface area contributed by atoms with Gasteiger partial charge in [0.05, 0.1) is 18.7 Å². The summed E-state index contributed by atoms with van der Waals surface area (Å²) in [7, 11) is 0. The fraction of sp³-hybridized carbons (Fsp3) is 0.250. The van der Waals surface area contributed by atoms with Crippen LogP contribution in [0.2, 0.25) is 0 Å². The second-order valence-electron chi connectivity index (χ2n) is 5.85. The first-order chi connectivity index (χ1) is 13.5. The molecule has 0 spiro atoms. The van der Waals surface area contributed by atoms with E-state index in [-0.39, 0.29) is 36.9 Å². The highest BCUT2D eigenvalue weighted by Crippen LogP contribution is 2.15. The van der Waals surface area contributed by atoms with E-state index < -0.39 is 11.9 Å². The Kier molecular flexibility index (Phi) is 5.78. The van der Waals surface area contributed by atoms with Gasteiger partial charge >= 0.3 is 11.9 Å². The summed E-state index contributed by atoms with van der Waals surface area (Å²) in [5.41, 5.74) is 1.07. The van der Waals surface area contributed by atoms with Gasteiger partial charge in [-0.2, -0.15) is 5.10 Å². The largest absolute Gasteiger partial charge is 0.461 e. The lowest BCUT2D eigenvalue weighted by atomic mass is 10.1. The van der Waals surface area contributed by atoms with Crippen LogP contribution in [-0.4, -0.2) is 45.7 Å². The Morgan fingerprint density at radius 2 is 1.75 bits per heavy atom. The van der Waals surface area contributed by atoms with Crippen LogP contribution in [0.5, 0.6) is 0 Å². The first-order valence-corrected chi connectivity index (χ1v) is 8.83. The number of benzene rings is 1. The van der Waals surface area contributed by atoms with Crippen molar-refractivity contribution in [3.8, 4) is 0 Å². The number of aromatic nitrogens is 3. The van der Waals surface area contributed by atoms with Crippen LogP contribution in [-0.2, 0) is 16.0 Å². The number of ketones is 1. The number of hydrogen-bond donors (Lipinski definition) is 0. The fourth-order valence-corrected chi connectivity index (χ4v) is 2.68. The Bertz CT molecular complexity index is 1040. The third-order valence-corrected chi connectivity index (χ3v) is 3.97. The van der Waals surface area contributed by atoms with E-state index in [1.165, 1.54) is 6.07 Å². The topological polar surface area (TPSA) is 100 Å². The monoisotopic (exact) mass is 381 g/mol. The minimum Gasteiger partial charge on any atom is -0.461 e. The molecule has 0 aliphatic heterocycles.